The van der Waals surface area contributed by atoms with Gasteiger partial charge < -0.3 is 9.15 Å². The van der Waals surface area contributed by atoms with E-state index >= 15 is 0 Å². The van der Waals surface area contributed by atoms with Crippen molar-refractivity contribution in [1.82, 2.24) is 0 Å². The second-order valence-electron chi connectivity index (χ2n) is 3.33. The first-order valence-electron chi connectivity index (χ1n) is 4.64. The lowest BCUT2D eigenvalue weighted by molar-refractivity contribution is 0.0321. The third-order valence-corrected chi connectivity index (χ3v) is 3.32. The number of halogens is 1. The maximum atomic E-state index is 11.6. The van der Waals surface area contributed by atoms with Gasteiger partial charge in [0.2, 0.25) is 0 Å². The molecule has 1 aromatic heterocycles. The van der Waals surface area contributed by atoms with Crippen LogP contribution in [-0.4, -0.2) is 16.5 Å². The van der Waals surface area contributed by atoms with Crippen molar-refractivity contribution < 1.29 is 13.9 Å². The largest absolute Gasteiger partial charge is 0.468 e. The van der Waals surface area contributed by atoms with Crippen LogP contribution in [-0.2, 0) is 11.2 Å². The number of cyclic esters (lactones) is 1. The molecule has 1 aliphatic rings. The molecule has 0 N–H and O–H groups in total. The lowest BCUT2D eigenvalue weighted by Gasteiger charge is -2.17. The minimum atomic E-state index is -0.241. The number of carbonyl (C=O) groups excluding carboxylic acids is 1. The van der Waals surface area contributed by atoms with E-state index in [1.807, 2.05) is 0 Å². The fraction of sp³-hybridized carbons (Fsp3) is 0.500. The topological polar surface area (TPSA) is 39.4 Å². The highest BCUT2D eigenvalue weighted by molar-refractivity contribution is 14.1. The van der Waals surface area contributed by atoms with Crippen molar-refractivity contribution in [3.8, 4) is 0 Å². The maximum Gasteiger partial charge on any atom is 0.342 e. The number of rotatable bonds is 1. The predicted octanol–water partition coefficient (Wildman–Crippen LogP) is 2.58. The normalized spacial score (nSPS) is 22.1. The standard InChI is InChI=1S/C10H11IO3/c11-6-7-2-1-3-9-8(4-5-13-9)10(12)14-7/h4-5,7H,1-3,6H2. The number of ether oxygens (including phenoxy) is 1. The van der Waals surface area contributed by atoms with E-state index in [0.29, 0.717) is 5.56 Å². The third kappa shape index (κ3) is 1.94. The van der Waals surface area contributed by atoms with Crippen LogP contribution in [0.25, 0.3) is 0 Å². The van der Waals surface area contributed by atoms with Crippen LogP contribution >= 0.6 is 22.6 Å². The van der Waals surface area contributed by atoms with Gasteiger partial charge in [0.1, 0.15) is 17.4 Å². The van der Waals surface area contributed by atoms with Crippen molar-refractivity contribution in [1.29, 1.82) is 0 Å². The van der Waals surface area contributed by atoms with Gasteiger partial charge in [0.15, 0.2) is 0 Å². The molecule has 1 aromatic rings. The van der Waals surface area contributed by atoms with Gasteiger partial charge in [-0.2, -0.15) is 0 Å². The van der Waals surface area contributed by atoms with Crippen LogP contribution in [0.5, 0.6) is 0 Å². The summed E-state index contributed by atoms with van der Waals surface area (Å²) in [6.45, 7) is 0. The zero-order chi connectivity index (χ0) is 9.97. The Morgan fingerprint density at radius 3 is 3.21 bits per heavy atom. The highest BCUT2D eigenvalue weighted by Crippen LogP contribution is 2.21. The molecule has 2 heterocycles. The molecular weight excluding hydrogens is 295 g/mol. The first-order chi connectivity index (χ1) is 6.81. The lowest BCUT2D eigenvalue weighted by atomic mass is 10.1. The zero-order valence-electron chi connectivity index (χ0n) is 7.66. The second kappa shape index (κ2) is 4.33. The summed E-state index contributed by atoms with van der Waals surface area (Å²) in [5.74, 6) is 0.525. The van der Waals surface area contributed by atoms with Crippen molar-refractivity contribution >= 4 is 28.6 Å². The van der Waals surface area contributed by atoms with Crippen molar-refractivity contribution in [3.05, 3.63) is 23.7 Å². The molecule has 0 bridgehead atoms. The predicted molar refractivity (Wildman–Crippen MR) is 59.7 cm³/mol. The Bertz CT molecular complexity index is 332. The number of aryl methyl sites for hydroxylation is 1. The lowest BCUT2D eigenvalue weighted by Crippen LogP contribution is -2.22. The zero-order valence-corrected chi connectivity index (χ0v) is 9.82. The van der Waals surface area contributed by atoms with E-state index in [9.17, 15) is 4.79 Å². The highest BCUT2D eigenvalue weighted by atomic mass is 127. The van der Waals surface area contributed by atoms with E-state index in [2.05, 4.69) is 22.6 Å². The summed E-state index contributed by atoms with van der Waals surface area (Å²) in [5, 5.41) is 0. The fourth-order valence-corrected chi connectivity index (χ4v) is 2.21. The SMILES string of the molecule is O=C1OC(CI)CCCc2occc21. The molecule has 0 amide bonds. The summed E-state index contributed by atoms with van der Waals surface area (Å²) in [4.78, 5) is 11.6. The van der Waals surface area contributed by atoms with E-state index < -0.39 is 0 Å². The van der Waals surface area contributed by atoms with Crippen LogP contribution in [0.15, 0.2) is 16.7 Å². The summed E-state index contributed by atoms with van der Waals surface area (Å²) in [6.07, 6.45) is 4.39. The summed E-state index contributed by atoms with van der Waals surface area (Å²) in [7, 11) is 0. The molecule has 0 saturated heterocycles. The fourth-order valence-electron chi connectivity index (χ4n) is 1.59. The Morgan fingerprint density at radius 1 is 1.57 bits per heavy atom. The smallest absolute Gasteiger partial charge is 0.342 e. The van der Waals surface area contributed by atoms with Gasteiger partial charge in [-0.25, -0.2) is 4.79 Å². The Hall–Kier alpha value is -0.520. The highest BCUT2D eigenvalue weighted by Gasteiger charge is 2.22. The molecule has 2 rings (SSSR count). The van der Waals surface area contributed by atoms with Gasteiger partial charge in [-0.1, -0.05) is 22.6 Å². The molecule has 3 nitrogen and oxygen atoms in total. The molecule has 0 aromatic carbocycles. The number of alkyl halides is 1. The first-order valence-corrected chi connectivity index (χ1v) is 6.17. The Kier molecular flexibility index (Phi) is 3.10. The minimum absolute atomic E-state index is 0.0612. The van der Waals surface area contributed by atoms with Crippen molar-refractivity contribution in [2.75, 3.05) is 4.43 Å². The van der Waals surface area contributed by atoms with Gasteiger partial charge in [-0.3, -0.25) is 0 Å². The second-order valence-corrected chi connectivity index (χ2v) is 4.21. The molecule has 0 aliphatic carbocycles. The third-order valence-electron chi connectivity index (χ3n) is 2.34. The van der Waals surface area contributed by atoms with Gasteiger partial charge in [0.25, 0.3) is 0 Å². The molecule has 0 saturated carbocycles. The number of esters is 1. The summed E-state index contributed by atoms with van der Waals surface area (Å²) < 4.78 is 11.4. The first kappa shape index (κ1) is 10.0. The summed E-state index contributed by atoms with van der Waals surface area (Å²) >= 11 is 2.24. The minimum Gasteiger partial charge on any atom is -0.468 e. The van der Waals surface area contributed by atoms with Gasteiger partial charge in [0, 0.05) is 10.8 Å². The van der Waals surface area contributed by atoms with Crippen LogP contribution in [0.2, 0.25) is 0 Å². The average Bonchev–Trinajstić information content (AvgIpc) is 2.61. The number of furan rings is 1. The number of hydrogen-bond donors (Lipinski definition) is 0. The van der Waals surface area contributed by atoms with Gasteiger partial charge in [-0.05, 0) is 18.9 Å². The van der Waals surface area contributed by atoms with E-state index in [1.165, 1.54) is 0 Å². The van der Waals surface area contributed by atoms with E-state index in [-0.39, 0.29) is 12.1 Å². The quantitative estimate of drug-likeness (QED) is 0.455. The van der Waals surface area contributed by atoms with Crippen molar-refractivity contribution in [3.63, 3.8) is 0 Å². The summed E-state index contributed by atoms with van der Waals surface area (Å²) in [5.41, 5.74) is 0.597. The van der Waals surface area contributed by atoms with E-state index in [4.69, 9.17) is 9.15 Å². The Labute approximate surface area is 95.9 Å². The van der Waals surface area contributed by atoms with Gasteiger partial charge in [0.05, 0.1) is 6.26 Å². The van der Waals surface area contributed by atoms with Crippen molar-refractivity contribution in [2.45, 2.75) is 25.4 Å². The molecule has 76 valence electrons. The van der Waals surface area contributed by atoms with Gasteiger partial charge >= 0.3 is 5.97 Å². The number of carbonyl (C=O) groups is 1. The molecular formula is C10H11IO3. The van der Waals surface area contributed by atoms with Crippen LogP contribution in [0, 0.1) is 0 Å². The average molecular weight is 306 g/mol. The summed E-state index contributed by atoms with van der Waals surface area (Å²) in [6, 6.07) is 1.69. The van der Waals surface area contributed by atoms with E-state index in [0.717, 1.165) is 29.5 Å². The molecule has 0 spiro atoms. The Balaban J connectivity index is 2.22. The van der Waals surface area contributed by atoms with Crippen LogP contribution in [0.4, 0.5) is 0 Å². The molecule has 1 atom stereocenters. The van der Waals surface area contributed by atoms with Crippen molar-refractivity contribution in [2.24, 2.45) is 0 Å². The molecule has 1 aliphatic heterocycles. The Morgan fingerprint density at radius 2 is 2.43 bits per heavy atom. The molecule has 4 heteroatoms. The van der Waals surface area contributed by atoms with E-state index in [1.54, 1.807) is 12.3 Å². The maximum absolute atomic E-state index is 11.6. The molecule has 1 unspecified atom stereocenters. The number of fused-ring (bicyclic) bond motifs is 1. The number of hydrogen-bond acceptors (Lipinski definition) is 3. The monoisotopic (exact) mass is 306 g/mol. The molecule has 0 radical (unpaired) electrons. The molecule has 0 fully saturated rings. The molecule has 14 heavy (non-hydrogen) atoms. The van der Waals surface area contributed by atoms with Crippen LogP contribution in [0.3, 0.4) is 0 Å². The van der Waals surface area contributed by atoms with Gasteiger partial charge in [-0.15, -0.1) is 0 Å². The van der Waals surface area contributed by atoms with Crippen LogP contribution in [0.1, 0.15) is 29.0 Å². The van der Waals surface area contributed by atoms with Crippen LogP contribution < -0.4 is 0 Å².